The molecule has 0 N–H and O–H groups in total. The summed E-state index contributed by atoms with van der Waals surface area (Å²) in [5, 5.41) is 4.51. The van der Waals surface area contributed by atoms with Crippen LogP contribution in [0.5, 0.6) is 0 Å². The molecule has 0 saturated heterocycles. The highest BCUT2D eigenvalue weighted by Gasteiger charge is 2.56. The van der Waals surface area contributed by atoms with Gasteiger partial charge in [-0.05, 0) is 69.6 Å². The maximum absolute atomic E-state index is 2.60. The molecule has 3 aromatic carbocycles. The summed E-state index contributed by atoms with van der Waals surface area (Å²) >= 11 is 0. The lowest BCUT2D eigenvalue weighted by Crippen LogP contribution is -2.74. The predicted octanol–water partition coefficient (Wildman–Crippen LogP) is 6.45. The van der Waals surface area contributed by atoms with E-state index in [9.17, 15) is 0 Å². The Hall–Kier alpha value is -2.64. The van der Waals surface area contributed by atoms with Crippen LogP contribution in [-0.2, 0) is 0 Å². The summed E-state index contributed by atoms with van der Waals surface area (Å²) < 4.78 is 0. The lowest BCUT2D eigenvalue weighted by Gasteiger charge is -2.48. The van der Waals surface area contributed by atoms with Gasteiger partial charge in [0, 0.05) is 5.04 Å². The molecule has 1 heteroatoms. The van der Waals surface area contributed by atoms with E-state index in [4.69, 9.17) is 0 Å². The lowest BCUT2D eigenvalue weighted by atomic mass is 10.0. The van der Waals surface area contributed by atoms with Crippen molar-refractivity contribution in [2.75, 3.05) is 0 Å². The molecule has 32 heavy (non-hydrogen) atoms. The molecule has 0 radical (unpaired) electrons. The van der Waals surface area contributed by atoms with Crippen LogP contribution in [0.1, 0.15) is 49.9 Å². The van der Waals surface area contributed by atoms with Crippen molar-refractivity contribution < 1.29 is 0 Å². The molecule has 0 fully saturated rings. The van der Waals surface area contributed by atoms with Gasteiger partial charge in [-0.1, -0.05) is 113 Å². The SMILES string of the molecule is CC1=CC(C)([Si](c2cc(C)cc(C)c2)(c2ccccc2C)c2ccccc2C)C(C)=C1C. The van der Waals surface area contributed by atoms with Gasteiger partial charge in [-0.3, -0.25) is 0 Å². The summed E-state index contributed by atoms with van der Waals surface area (Å²) in [5.74, 6) is 0. The van der Waals surface area contributed by atoms with Crippen molar-refractivity contribution in [2.24, 2.45) is 0 Å². The summed E-state index contributed by atoms with van der Waals surface area (Å²) in [6.07, 6.45) is 2.60. The molecule has 0 aromatic heterocycles. The van der Waals surface area contributed by atoms with E-state index < -0.39 is 8.07 Å². The van der Waals surface area contributed by atoms with E-state index in [-0.39, 0.29) is 5.04 Å². The fraction of sp³-hybridized carbons (Fsp3) is 0.290. The highest BCUT2D eigenvalue weighted by atomic mass is 28.3. The first kappa shape index (κ1) is 22.5. The smallest absolute Gasteiger partial charge is 0.0730 e. The highest BCUT2D eigenvalue weighted by molar-refractivity contribution is 7.14. The van der Waals surface area contributed by atoms with Crippen LogP contribution in [0.4, 0.5) is 0 Å². The summed E-state index contributed by atoms with van der Waals surface area (Å²) in [6.45, 7) is 18.6. The quantitative estimate of drug-likeness (QED) is 0.326. The predicted molar refractivity (Wildman–Crippen MR) is 143 cm³/mol. The van der Waals surface area contributed by atoms with Crippen molar-refractivity contribution in [3.8, 4) is 0 Å². The van der Waals surface area contributed by atoms with Gasteiger partial charge in [0.1, 0.15) is 0 Å². The van der Waals surface area contributed by atoms with Crippen molar-refractivity contribution >= 4 is 23.6 Å². The van der Waals surface area contributed by atoms with E-state index >= 15 is 0 Å². The molecular weight excluding hydrogens is 400 g/mol. The van der Waals surface area contributed by atoms with Gasteiger partial charge in [0.2, 0.25) is 0 Å². The fourth-order valence-corrected chi connectivity index (χ4v) is 13.0. The molecule has 1 atom stereocenters. The zero-order chi connectivity index (χ0) is 23.3. The van der Waals surface area contributed by atoms with Gasteiger partial charge >= 0.3 is 0 Å². The summed E-state index contributed by atoms with van der Waals surface area (Å²) in [5.41, 5.74) is 9.88. The third-order valence-electron chi connectivity index (χ3n) is 7.97. The Bertz CT molecular complexity index is 1190. The van der Waals surface area contributed by atoms with Gasteiger partial charge in [0.05, 0.1) is 0 Å². The molecule has 0 bridgehead atoms. The van der Waals surface area contributed by atoms with Gasteiger partial charge in [0.15, 0.2) is 8.07 Å². The van der Waals surface area contributed by atoms with E-state index in [1.54, 1.807) is 0 Å². The molecule has 164 valence electrons. The summed E-state index contributed by atoms with van der Waals surface area (Å²) in [4.78, 5) is 0. The van der Waals surface area contributed by atoms with E-state index in [1.165, 1.54) is 54.5 Å². The van der Waals surface area contributed by atoms with Crippen molar-refractivity contribution in [3.05, 3.63) is 112 Å². The molecule has 1 unspecified atom stereocenters. The number of aryl methyl sites for hydroxylation is 4. The molecule has 0 amide bonds. The number of rotatable bonds is 4. The Morgan fingerprint density at radius 2 is 1.09 bits per heavy atom. The van der Waals surface area contributed by atoms with Crippen LogP contribution in [0, 0.1) is 27.7 Å². The van der Waals surface area contributed by atoms with Gasteiger partial charge in [-0.25, -0.2) is 0 Å². The van der Waals surface area contributed by atoms with Crippen LogP contribution in [-0.4, -0.2) is 8.07 Å². The second-order valence-corrected chi connectivity index (χ2v) is 14.2. The first-order chi connectivity index (χ1) is 15.1. The van der Waals surface area contributed by atoms with Crippen LogP contribution in [0.25, 0.3) is 0 Å². The van der Waals surface area contributed by atoms with E-state index in [1.807, 2.05) is 0 Å². The Morgan fingerprint density at radius 1 is 0.625 bits per heavy atom. The maximum atomic E-state index is 2.60. The van der Waals surface area contributed by atoms with E-state index in [2.05, 4.69) is 128 Å². The number of benzene rings is 3. The molecule has 0 spiro atoms. The Morgan fingerprint density at radius 3 is 1.50 bits per heavy atom. The molecule has 0 saturated carbocycles. The molecule has 0 aliphatic heterocycles. The van der Waals surface area contributed by atoms with Gasteiger partial charge in [-0.15, -0.1) is 0 Å². The van der Waals surface area contributed by atoms with Crippen molar-refractivity contribution in [3.63, 3.8) is 0 Å². The minimum Gasteiger partial charge on any atom is -0.0730 e. The Labute approximate surface area is 195 Å². The monoisotopic (exact) mass is 436 g/mol. The largest absolute Gasteiger partial charge is 0.162 e. The molecule has 0 nitrogen and oxygen atoms in total. The lowest BCUT2D eigenvalue weighted by molar-refractivity contribution is 0.869. The third-order valence-corrected chi connectivity index (χ3v) is 13.9. The van der Waals surface area contributed by atoms with Crippen LogP contribution in [0.15, 0.2) is 89.5 Å². The van der Waals surface area contributed by atoms with Gasteiger partial charge < -0.3 is 0 Å². The van der Waals surface area contributed by atoms with E-state index in [0.29, 0.717) is 0 Å². The summed E-state index contributed by atoms with van der Waals surface area (Å²) in [7, 11) is -2.55. The first-order valence-electron chi connectivity index (χ1n) is 11.7. The standard InChI is InChI=1S/C31H36Si/c1-21-17-22(2)19-28(18-21)32(29-15-11-9-13-23(29)3,30-16-12-10-14-24(30)4)31(8)20-25(5)26(6)27(31)7/h9-20H,1-8H3. The van der Waals surface area contributed by atoms with Crippen molar-refractivity contribution in [2.45, 2.75) is 60.4 Å². The molecule has 3 aromatic rings. The second-order valence-electron chi connectivity index (χ2n) is 10.0. The molecule has 1 aliphatic rings. The maximum Gasteiger partial charge on any atom is 0.162 e. The van der Waals surface area contributed by atoms with Crippen LogP contribution in [0.2, 0.25) is 5.04 Å². The third kappa shape index (κ3) is 3.18. The average Bonchev–Trinajstić information content (AvgIpc) is 2.94. The van der Waals surface area contributed by atoms with Gasteiger partial charge in [-0.2, -0.15) is 0 Å². The van der Waals surface area contributed by atoms with Gasteiger partial charge in [0.25, 0.3) is 0 Å². The molecule has 1 aliphatic carbocycles. The molecule has 4 rings (SSSR count). The van der Waals surface area contributed by atoms with Crippen LogP contribution in [0.3, 0.4) is 0 Å². The zero-order valence-electron chi connectivity index (χ0n) is 20.9. The topological polar surface area (TPSA) is 0 Å². The van der Waals surface area contributed by atoms with Crippen LogP contribution < -0.4 is 15.6 Å². The van der Waals surface area contributed by atoms with Crippen molar-refractivity contribution in [1.29, 1.82) is 0 Å². The molecular formula is C31H36Si. The molecule has 0 heterocycles. The Balaban J connectivity index is 2.30. The number of hydrogen-bond acceptors (Lipinski definition) is 0. The zero-order valence-corrected chi connectivity index (χ0v) is 21.9. The average molecular weight is 437 g/mol. The minimum absolute atomic E-state index is 0.0559. The van der Waals surface area contributed by atoms with Crippen molar-refractivity contribution in [1.82, 2.24) is 0 Å². The fourth-order valence-electron chi connectivity index (χ4n) is 6.22. The minimum atomic E-state index is -2.55. The normalized spacial score (nSPS) is 18.8. The number of hydrogen-bond donors (Lipinski definition) is 0. The Kier molecular flexibility index (Phi) is 5.67. The second kappa shape index (κ2) is 8.05. The highest BCUT2D eigenvalue weighted by Crippen LogP contribution is 2.53. The summed E-state index contributed by atoms with van der Waals surface area (Å²) in [6, 6.07) is 25.6. The van der Waals surface area contributed by atoms with E-state index in [0.717, 1.165) is 0 Å². The first-order valence-corrected chi connectivity index (χ1v) is 13.7. The number of allylic oxidation sites excluding steroid dienone is 4. The van der Waals surface area contributed by atoms with Crippen LogP contribution >= 0.6 is 0 Å².